The number of hydrogen-bond acceptors (Lipinski definition) is 3. The molecule has 88 valence electrons. The highest BCUT2D eigenvalue weighted by molar-refractivity contribution is 6.07. The number of hydrazine groups is 1. The Morgan fingerprint density at radius 2 is 2.06 bits per heavy atom. The van der Waals surface area contributed by atoms with Gasteiger partial charge in [0.05, 0.1) is 5.69 Å². The van der Waals surface area contributed by atoms with Crippen molar-refractivity contribution in [3.05, 3.63) is 36.4 Å². The third-order valence-corrected chi connectivity index (χ3v) is 2.40. The van der Waals surface area contributed by atoms with Crippen LogP contribution in [0.4, 0.5) is 11.4 Å². The molecule has 17 heavy (non-hydrogen) atoms. The highest BCUT2D eigenvalue weighted by Crippen LogP contribution is 2.20. The zero-order valence-electron chi connectivity index (χ0n) is 9.49. The highest BCUT2D eigenvalue weighted by atomic mass is 16.2. The van der Waals surface area contributed by atoms with Crippen molar-refractivity contribution < 1.29 is 9.59 Å². The van der Waals surface area contributed by atoms with Crippen LogP contribution in [0.15, 0.2) is 36.4 Å². The average molecular weight is 231 g/mol. The van der Waals surface area contributed by atoms with Crippen molar-refractivity contribution in [3.63, 3.8) is 0 Å². The second kappa shape index (κ2) is 4.39. The first-order chi connectivity index (χ1) is 8.08. The van der Waals surface area contributed by atoms with Gasteiger partial charge in [-0.15, -0.1) is 0 Å². The molecule has 1 heterocycles. The third kappa shape index (κ3) is 2.34. The summed E-state index contributed by atoms with van der Waals surface area (Å²) in [6.07, 6.45) is 0. The lowest BCUT2D eigenvalue weighted by Crippen LogP contribution is -2.33. The van der Waals surface area contributed by atoms with E-state index in [0.717, 1.165) is 5.69 Å². The lowest BCUT2D eigenvalue weighted by Gasteiger charge is -2.15. The molecular weight excluding hydrogens is 218 g/mol. The zero-order valence-corrected chi connectivity index (χ0v) is 9.49. The van der Waals surface area contributed by atoms with Crippen molar-refractivity contribution in [1.82, 2.24) is 5.43 Å². The number of hydrogen-bond donors (Lipinski definition) is 2. The molecule has 1 fully saturated rings. The SMILES string of the molecule is C=C1CNN(c2ccc(NC(C)=O)cc2)C1=O. The van der Waals surface area contributed by atoms with E-state index in [2.05, 4.69) is 17.3 Å². The third-order valence-electron chi connectivity index (χ3n) is 2.40. The van der Waals surface area contributed by atoms with Crippen LogP contribution in [0.25, 0.3) is 0 Å². The van der Waals surface area contributed by atoms with Gasteiger partial charge in [0, 0.05) is 24.7 Å². The maximum absolute atomic E-state index is 11.7. The van der Waals surface area contributed by atoms with Crippen molar-refractivity contribution in [2.24, 2.45) is 0 Å². The van der Waals surface area contributed by atoms with E-state index < -0.39 is 0 Å². The monoisotopic (exact) mass is 231 g/mol. The normalized spacial score (nSPS) is 15.2. The van der Waals surface area contributed by atoms with E-state index in [1.54, 1.807) is 24.3 Å². The molecule has 0 bridgehead atoms. The lowest BCUT2D eigenvalue weighted by atomic mass is 10.2. The van der Waals surface area contributed by atoms with Crippen LogP contribution >= 0.6 is 0 Å². The Balaban J connectivity index is 2.15. The highest BCUT2D eigenvalue weighted by Gasteiger charge is 2.24. The fourth-order valence-electron chi connectivity index (χ4n) is 1.59. The maximum Gasteiger partial charge on any atom is 0.269 e. The summed E-state index contributed by atoms with van der Waals surface area (Å²) in [6, 6.07) is 7.00. The minimum atomic E-state index is -0.128. The van der Waals surface area contributed by atoms with Crippen LogP contribution in [0.3, 0.4) is 0 Å². The van der Waals surface area contributed by atoms with Gasteiger partial charge in [-0.1, -0.05) is 6.58 Å². The van der Waals surface area contributed by atoms with Crippen LogP contribution in [0.5, 0.6) is 0 Å². The van der Waals surface area contributed by atoms with Gasteiger partial charge < -0.3 is 5.32 Å². The average Bonchev–Trinajstić information content (AvgIpc) is 2.60. The largest absolute Gasteiger partial charge is 0.326 e. The Labute approximate surface area is 99.1 Å². The maximum atomic E-state index is 11.7. The van der Waals surface area contributed by atoms with Gasteiger partial charge in [-0.3, -0.25) is 9.59 Å². The fourth-order valence-corrected chi connectivity index (χ4v) is 1.59. The summed E-state index contributed by atoms with van der Waals surface area (Å²) in [6.45, 7) is 5.57. The minimum absolute atomic E-state index is 0.124. The van der Waals surface area contributed by atoms with E-state index in [4.69, 9.17) is 0 Å². The van der Waals surface area contributed by atoms with Crippen molar-refractivity contribution in [3.8, 4) is 0 Å². The van der Waals surface area contributed by atoms with E-state index in [9.17, 15) is 9.59 Å². The molecule has 1 aliphatic rings. The van der Waals surface area contributed by atoms with Crippen molar-refractivity contribution in [2.45, 2.75) is 6.92 Å². The molecule has 0 spiro atoms. The van der Waals surface area contributed by atoms with Gasteiger partial charge in [-0.2, -0.15) is 0 Å². The van der Waals surface area contributed by atoms with Crippen LogP contribution in [0.2, 0.25) is 0 Å². The summed E-state index contributed by atoms with van der Waals surface area (Å²) in [5.41, 5.74) is 4.89. The number of rotatable bonds is 2. The fraction of sp³-hybridized carbons (Fsp3) is 0.167. The molecule has 0 atom stereocenters. The number of nitrogens with one attached hydrogen (secondary N) is 2. The molecule has 2 N–H and O–H groups in total. The number of nitrogens with zero attached hydrogens (tertiary/aromatic N) is 1. The first-order valence-corrected chi connectivity index (χ1v) is 5.21. The Bertz CT molecular complexity index is 479. The molecule has 0 aliphatic carbocycles. The van der Waals surface area contributed by atoms with Crippen LogP contribution in [0.1, 0.15) is 6.92 Å². The van der Waals surface area contributed by atoms with E-state index in [-0.39, 0.29) is 11.8 Å². The second-order valence-corrected chi connectivity index (χ2v) is 3.81. The van der Waals surface area contributed by atoms with Gasteiger partial charge in [-0.25, -0.2) is 10.4 Å². The quantitative estimate of drug-likeness (QED) is 0.748. The zero-order chi connectivity index (χ0) is 12.4. The summed E-state index contributed by atoms with van der Waals surface area (Å²) < 4.78 is 0. The predicted octanol–water partition coefficient (Wildman–Crippen LogP) is 1.05. The molecule has 2 rings (SSSR count). The van der Waals surface area contributed by atoms with Crippen LogP contribution in [-0.4, -0.2) is 18.4 Å². The molecular formula is C12H13N3O2. The van der Waals surface area contributed by atoms with Crippen molar-refractivity contribution in [2.75, 3.05) is 16.9 Å². The van der Waals surface area contributed by atoms with Gasteiger partial charge in [0.2, 0.25) is 5.91 Å². The molecule has 1 aromatic carbocycles. The molecule has 1 aromatic rings. The van der Waals surface area contributed by atoms with E-state index >= 15 is 0 Å². The van der Waals surface area contributed by atoms with Gasteiger partial charge in [0.25, 0.3) is 5.91 Å². The van der Waals surface area contributed by atoms with Crippen molar-refractivity contribution >= 4 is 23.2 Å². The molecule has 1 saturated heterocycles. The molecule has 0 saturated carbocycles. The molecule has 5 heteroatoms. The molecule has 0 aromatic heterocycles. The predicted molar refractivity (Wildman–Crippen MR) is 65.4 cm³/mol. The number of benzene rings is 1. The minimum Gasteiger partial charge on any atom is -0.326 e. The molecule has 0 radical (unpaired) electrons. The van der Waals surface area contributed by atoms with E-state index in [1.807, 2.05) is 0 Å². The first kappa shape index (κ1) is 11.3. The molecule has 1 aliphatic heterocycles. The Morgan fingerprint density at radius 3 is 2.53 bits per heavy atom. The number of carbonyl (C=O) groups excluding carboxylic acids is 2. The van der Waals surface area contributed by atoms with Gasteiger partial charge in [0.15, 0.2) is 0 Å². The lowest BCUT2D eigenvalue weighted by molar-refractivity contribution is -0.115. The Morgan fingerprint density at radius 1 is 1.41 bits per heavy atom. The molecule has 5 nitrogen and oxygen atoms in total. The van der Waals surface area contributed by atoms with Gasteiger partial charge >= 0.3 is 0 Å². The van der Waals surface area contributed by atoms with E-state index in [1.165, 1.54) is 11.9 Å². The van der Waals surface area contributed by atoms with Gasteiger partial charge in [-0.05, 0) is 24.3 Å². The van der Waals surface area contributed by atoms with Gasteiger partial charge in [0.1, 0.15) is 0 Å². The van der Waals surface area contributed by atoms with E-state index in [0.29, 0.717) is 17.8 Å². The van der Waals surface area contributed by atoms with Crippen LogP contribution in [0, 0.1) is 0 Å². The smallest absolute Gasteiger partial charge is 0.269 e. The molecule has 0 unspecified atom stereocenters. The topological polar surface area (TPSA) is 61.4 Å². The van der Waals surface area contributed by atoms with Crippen molar-refractivity contribution in [1.29, 1.82) is 0 Å². The second-order valence-electron chi connectivity index (χ2n) is 3.81. The van der Waals surface area contributed by atoms with Crippen LogP contribution < -0.4 is 15.8 Å². The summed E-state index contributed by atoms with van der Waals surface area (Å²) in [5, 5.41) is 4.11. The standard InChI is InChI=1S/C12H13N3O2/c1-8-7-13-15(12(8)17)11-5-3-10(4-6-11)14-9(2)16/h3-6,13H,1,7H2,2H3,(H,14,16). The summed E-state index contributed by atoms with van der Waals surface area (Å²) in [4.78, 5) is 22.5. The number of carbonyl (C=O) groups is 2. The Kier molecular flexibility index (Phi) is 2.93. The summed E-state index contributed by atoms with van der Waals surface area (Å²) in [5.74, 6) is -0.251. The van der Waals surface area contributed by atoms with Crippen LogP contribution in [-0.2, 0) is 9.59 Å². The number of amides is 2. The summed E-state index contributed by atoms with van der Waals surface area (Å²) >= 11 is 0. The number of anilines is 2. The Hall–Kier alpha value is -2.14. The first-order valence-electron chi connectivity index (χ1n) is 5.21. The summed E-state index contributed by atoms with van der Waals surface area (Å²) in [7, 11) is 0. The molecule has 2 amide bonds.